The van der Waals surface area contributed by atoms with Gasteiger partial charge in [0.15, 0.2) is 0 Å². The molecule has 27 heavy (non-hydrogen) atoms. The van der Waals surface area contributed by atoms with Gasteiger partial charge in [0.1, 0.15) is 5.60 Å². The van der Waals surface area contributed by atoms with Gasteiger partial charge in [-0.25, -0.2) is 9.18 Å². The Morgan fingerprint density at radius 1 is 1.44 bits per heavy atom. The topological polar surface area (TPSA) is 63.6 Å². The first-order chi connectivity index (χ1) is 12.7. The van der Waals surface area contributed by atoms with Gasteiger partial charge in [0.25, 0.3) is 5.91 Å². The molecule has 1 aromatic heterocycles. The summed E-state index contributed by atoms with van der Waals surface area (Å²) in [5.41, 5.74) is 1.41. The molecule has 0 radical (unpaired) electrons. The van der Waals surface area contributed by atoms with Crippen molar-refractivity contribution in [2.24, 2.45) is 0 Å². The van der Waals surface area contributed by atoms with Crippen molar-refractivity contribution in [3.63, 3.8) is 0 Å². The number of carbonyl (C=O) groups is 2. The van der Waals surface area contributed by atoms with Crippen molar-refractivity contribution in [3.05, 3.63) is 33.8 Å². The zero-order valence-electron chi connectivity index (χ0n) is 15.8. The van der Waals surface area contributed by atoms with Gasteiger partial charge in [-0.1, -0.05) is 0 Å². The maximum atomic E-state index is 13.3. The van der Waals surface area contributed by atoms with Crippen LogP contribution in [0.1, 0.15) is 49.5 Å². The first kappa shape index (κ1) is 19.9. The number of aromatic nitrogens is 1. The third-order valence-electron chi connectivity index (χ3n) is 4.58. The summed E-state index contributed by atoms with van der Waals surface area (Å²) in [5.74, 6) is 0.0517. The van der Waals surface area contributed by atoms with Crippen molar-refractivity contribution < 1.29 is 18.7 Å². The van der Waals surface area contributed by atoms with Crippen LogP contribution in [0, 0.1) is 0 Å². The van der Waals surface area contributed by atoms with E-state index in [1.54, 1.807) is 31.5 Å². The van der Waals surface area contributed by atoms with Gasteiger partial charge in [0.05, 0.1) is 16.5 Å². The lowest BCUT2D eigenvalue weighted by Gasteiger charge is -2.26. The number of ether oxygens (including phenoxy) is 1. The second-order valence-corrected chi connectivity index (χ2v) is 8.79. The molecule has 1 N–H and O–H groups in total. The van der Waals surface area contributed by atoms with E-state index in [1.165, 1.54) is 0 Å². The third kappa shape index (κ3) is 4.72. The minimum absolute atomic E-state index is 0.0306. The maximum absolute atomic E-state index is 13.3. The van der Waals surface area contributed by atoms with E-state index < -0.39 is 11.7 Å². The van der Waals surface area contributed by atoms with Crippen LogP contribution in [0.15, 0.2) is 22.7 Å². The molecule has 2 amide bonds. The number of carbonyl (C=O) groups excluding carboxylic acids is 2. The fourth-order valence-electron chi connectivity index (χ4n) is 3.18. The molecule has 3 rings (SSSR count). The Hall–Kier alpha value is -1.83. The molecule has 0 saturated heterocycles. The number of fused-ring (bicyclic) bond motifs is 1. The van der Waals surface area contributed by atoms with Gasteiger partial charge in [-0.15, -0.1) is 0 Å². The highest BCUT2D eigenvalue weighted by Gasteiger charge is 2.37. The van der Waals surface area contributed by atoms with Gasteiger partial charge in [0.2, 0.25) is 0 Å². The van der Waals surface area contributed by atoms with E-state index in [2.05, 4.69) is 21.2 Å². The predicted molar refractivity (Wildman–Crippen MR) is 103 cm³/mol. The summed E-state index contributed by atoms with van der Waals surface area (Å²) in [4.78, 5) is 26.4. The number of nitrogens with one attached hydrogen (secondary N) is 1. The maximum Gasteiger partial charge on any atom is 0.407 e. The summed E-state index contributed by atoms with van der Waals surface area (Å²) in [6.07, 6.45) is 4.61. The summed E-state index contributed by atoms with van der Waals surface area (Å²) in [5, 5.41) is 2.56. The standard InChI is InChI=1S/C19H25BrFN3O3/c1-19(2,3)27-18(26)22-9-12(8-21)10-23-11-15-14(16(23)20)6-7-24(17(15)25)13-4-5-13/h8,11,13H,4-7,9-10H2,1-3H3,(H,22,26)/b12-8+. The average Bonchev–Trinajstić information content (AvgIpc) is 3.36. The summed E-state index contributed by atoms with van der Waals surface area (Å²) >= 11 is 3.55. The molecular formula is C19H25BrFN3O3. The van der Waals surface area contributed by atoms with Crippen LogP contribution in [0.25, 0.3) is 0 Å². The summed E-state index contributed by atoms with van der Waals surface area (Å²) < 4.78 is 21.1. The number of rotatable bonds is 5. The van der Waals surface area contributed by atoms with E-state index in [4.69, 9.17) is 4.74 Å². The van der Waals surface area contributed by atoms with E-state index in [0.29, 0.717) is 23.5 Å². The molecule has 148 valence electrons. The number of hydrogen-bond acceptors (Lipinski definition) is 3. The highest BCUT2D eigenvalue weighted by Crippen LogP contribution is 2.35. The van der Waals surface area contributed by atoms with E-state index in [9.17, 15) is 14.0 Å². The summed E-state index contributed by atoms with van der Waals surface area (Å²) in [6.45, 7) is 6.29. The van der Waals surface area contributed by atoms with Crippen molar-refractivity contribution in [1.82, 2.24) is 14.8 Å². The largest absolute Gasteiger partial charge is 0.444 e. The zero-order valence-corrected chi connectivity index (χ0v) is 17.4. The Bertz CT molecular complexity index is 778. The fourth-order valence-corrected chi connectivity index (χ4v) is 3.82. The van der Waals surface area contributed by atoms with Gasteiger partial charge in [-0.2, -0.15) is 0 Å². The summed E-state index contributed by atoms with van der Waals surface area (Å²) in [6, 6.07) is 0.382. The van der Waals surface area contributed by atoms with Crippen LogP contribution in [-0.2, 0) is 17.7 Å². The van der Waals surface area contributed by atoms with Crippen LogP contribution in [0.2, 0.25) is 0 Å². The monoisotopic (exact) mass is 441 g/mol. The number of amides is 2. The SMILES string of the molecule is CC(C)(C)OC(=O)NC/C(=C\F)Cn1cc2c(c1Br)CCN(C1CC1)C2=O. The van der Waals surface area contributed by atoms with Gasteiger partial charge in [-0.05, 0) is 67.1 Å². The van der Waals surface area contributed by atoms with Crippen LogP contribution in [0.3, 0.4) is 0 Å². The second kappa shape index (κ2) is 7.66. The van der Waals surface area contributed by atoms with Crippen LogP contribution >= 0.6 is 15.9 Å². The van der Waals surface area contributed by atoms with Crippen LogP contribution in [-0.4, -0.2) is 46.2 Å². The fraction of sp³-hybridized carbons (Fsp3) is 0.579. The molecule has 6 nitrogen and oxygen atoms in total. The van der Waals surface area contributed by atoms with Gasteiger partial charge in [0, 0.05) is 31.9 Å². The normalized spacial score (nSPS) is 17.7. The minimum Gasteiger partial charge on any atom is -0.444 e. The lowest BCUT2D eigenvalue weighted by atomic mass is 10.0. The first-order valence-corrected chi connectivity index (χ1v) is 9.92. The molecule has 8 heteroatoms. The van der Waals surface area contributed by atoms with Crippen LogP contribution in [0.4, 0.5) is 9.18 Å². The Kier molecular flexibility index (Phi) is 5.65. The predicted octanol–water partition coefficient (Wildman–Crippen LogP) is 3.79. The first-order valence-electron chi connectivity index (χ1n) is 9.13. The van der Waals surface area contributed by atoms with E-state index in [0.717, 1.165) is 36.0 Å². The number of nitrogens with zero attached hydrogens (tertiary/aromatic N) is 2. The van der Waals surface area contributed by atoms with E-state index in [-0.39, 0.29) is 19.0 Å². The average molecular weight is 442 g/mol. The Morgan fingerprint density at radius 2 is 2.15 bits per heavy atom. The molecule has 0 spiro atoms. The zero-order chi connectivity index (χ0) is 19.8. The molecule has 1 aliphatic carbocycles. The molecule has 0 unspecified atom stereocenters. The molecule has 0 bridgehead atoms. The molecule has 2 aliphatic rings. The molecule has 0 atom stereocenters. The number of halogens is 2. The van der Waals surface area contributed by atoms with E-state index >= 15 is 0 Å². The molecule has 2 heterocycles. The Balaban J connectivity index is 1.65. The number of hydrogen-bond donors (Lipinski definition) is 1. The quantitative estimate of drug-likeness (QED) is 0.755. The van der Waals surface area contributed by atoms with Crippen molar-refractivity contribution in [2.75, 3.05) is 13.1 Å². The molecule has 1 aliphatic heterocycles. The highest BCUT2D eigenvalue weighted by atomic mass is 79.9. The van der Waals surface area contributed by atoms with Crippen LogP contribution < -0.4 is 5.32 Å². The van der Waals surface area contributed by atoms with Gasteiger partial charge in [-0.3, -0.25) is 4.79 Å². The summed E-state index contributed by atoms with van der Waals surface area (Å²) in [7, 11) is 0. The lowest BCUT2D eigenvalue weighted by Crippen LogP contribution is -2.38. The Morgan fingerprint density at radius 3 is 2.74 bits per heavy atom. The van der Waals surface area contributed by atoms with Crippen molar-refractivity contribution in [2.45, 2.75) is 58.2 Å². The molecular weight excluding hydrogens is 417 g/mol. The lowest BCUT2D eigenvalue weighted by molar-refractivity contribution is 0.0531. The van der Waals surface area contributed by atoms with Crippen molar-refractivity contribution in [3.8, 4) is 0 Å². The second-order valence-electron chi connectivity index (χ2n) is 8.04. The van der Waals surface area contributed by atoms with Gasteiger partial charge >= 0.3 is 6.09 Å². The third-order valence-corrected chi connectivity index (χ3v) is 5.51. The van der Waals surface area contributed by atoms with Crippen molar-refractivity contribution >= 4 is 27.9 Å². The minimum atomic E-state index is -0.611. The molecule has 0 aromatic carbocycles. The molecule has 1 fully saturated rings. The van der Waals surface area contributed by atoms with Crippen molar-refractivity contribution in [1.29, 1.82) is 0 Å². The van der Waals surface area contributed by atoms with E-state index in [1.807, 2.05) is 4.90 Å². The Labute approximate surface area is 166 Å². The molecule has 1 aromatic rings. The van der Waals surface area contributed by atoms with Gasteiger partial charge < -0.3 is 19.5 Å². The smallest absolute Gasteiger partial charge is 0.407 e. The number of alkyl carbamates (subject to hydrolysis) is 1. The van der Waals surface area contributed by atoms with Crippen LogP contribution in [0.5, 0.6) is 0 Å². The molecule has 1 saturated carbocycles. The highest BCUT2D eigenvalue weighted by molar-refractivity contribution is 9.10.